The molecule has 1 aromatic rings. The van der Waals surface area contributed by atoms with Crippen molar-refractivity contribution in [2.24, 2.45) is 0 Å². The van der Waals surface area contributed by atoms with Crippen LogP contribution in [0, 0.1) is 13.8 Å². The van der Waals surface area contributed by atoms with Crippen LogP contribution in [0.2, 0.25) is 0 Å². The third kappa shape index (κ3) is 2.27. The zero-order valence-electron chi connectivity index (χ0n) is 7.78. The summed E-state index contributed by atoms with van der Waals surface area (Å²) >= 11 is 3.92. The molecular weight excluding hydrogens is 186 g/mol. The zero-order chi connectivity index (χ0) is 10.0. The van der Waals surface area contributed by atoms with Crippen LogP contribution in [0.25, 0.3) is 0 Å². The number of thiol groups is 1. The van der Waals surface area contributed by atoms with Crippen molar-refractivity contribution in [3.8, 4) is 0 Å². The van der Waals surface area contributed by atoms with Crippen LogP contribution in [0.15, 0.2) is 6.07 Å². The maximum Gasteiger partial charge on any atom is 0.121 e. The lowest BCUT2D eigenvalue weighted by atomic mass is 10.1. The van der Waals surface area contributed by atoms with Crippen LogP contribution in [0.3, 0.4) is 0 Å². The Labute approximate surface area is 83.2 Å². The quantitative estimate of drug-likeness (QED) is 0.550. The van der Waals surface area contributed by atoms with E-state index < -0.39 is 12.2 Å². The van der Waals surface area contributed by atoms with Crippen LogP contribution >= 0.6 is 12.6 Å². The van der Waals surface area contributed by atoms with Gasteiger partial charge in [0.2, 0.25) is 0 Å². The lowest BCUT2D eigenvalue weighted by molar-refractivity contribution is 0.0309. The Kier molecular flexibility index (Phi) is 3.41. The van der Waals surface area contributed by atoms with Crippen molar-refractivity contribution in [3.05, 3.63) is 23.0 Å². The van der Waals surface area contributed by atoms with Crippen LogP contribution in [0.5, 0.6) is 0 Å². The molecule has 1 aromatic heterocycles. The van der Waals surface area contributed by atoms with Crippen molar-refractivity contribution in [2.45, 2.75) is 26.1 Å². The summed E-state index contributed by atoms with van der Waals surface area (Å²) in [4.78, 5) is 3.02. The maximum atomic E-state index is 9.65. The van der Waals surface area contributed by atoms with Gasteiger partial charge in [-0.25, -0.2) is 0 Å². The summed E-state index contributed by atoms with van der Waals surface area (Å²) < 4.78 is 0. The zero-order valence-corrected chi connectivity index (χ0v) is 8.68. The van der Waals surface area contributed by atoms with E-state index in [4.69, 9.17) is 0 Å². The second-order valence-corrected chi connectivity index (χ2v) is 3.61. The fraction of sp³-hybridized carbons (Fsp3) is 0.556. The minimum atomic E-state index is -0.869. The van der Waals surface area contributed by atoms with E-state index in [0.717, 1.165) is 11.3 Å². The first-order chi connectivity index (χ1) is 6.06. The highest BCUT2D eigenvalue weighted by atomic mass is 32.1. The Morgan fingerprint density at radius 3 is 2.46 bits per heavy atom. The molecule has 0 bridgehead atoms. The third-order valence-electron chi connectivity index (χ3n) is 2.04. The lowest BCUT2D eigenvalue weighted by Crippen LogP contribution is -2.20. The molecule has 2 unspecified atom stereocenters. The van der Waals surface area contributed by atoms with Crippen LogP contribution in [0.1, 0.15) is 23.1 Å². The van der Waals surface area contributed by atoms with E-state index in [-0.39, 0.29) is 5.75 Å². The molecule has 3 nitrogen and oxygen atoms in total. The number of nitrogens with one attached hydrogen (secondary N) is 1. The number of H-pyrrole nitrogens is 1. The van der Waals surface area contributed by atoms with E-state index in [0.29, 0.717) is 5.69 Å². The fourth-order valence-electron chi connectivity index (χ4n) is 1.35. The number of aromatic amines is 1. The van der Waals surface area contributed by atoms with Gasteiger partial charge < -0.3 is 15.2 Å². The number of aryl methyl sites for hydroxylation is 2. The Morgan fingerprint density at radius 1 is 1.46 bits per heavy atom. The van der Waals surface area contributed by atoms with Crippen LogP contribution in [-0.2, 0) is 0 Å². The van der Waals surface area contributed by atoms with E-state index >= 15 is 0 Å². The number of rotatable bonds is 3. The molecule has 0 aliphatic carbocycles. The average Bonchev–Trinajstić information content (AvgIpc) is 2.42. The molecule has 1 heterocycles. The number of aromatic nitrogens is 1. The largest absolute Gasteiger partial charge is 0.389 e. The minimum Gasteiger partial charge on any atom is -0.389 e. The Morgan fingerprint density at radius 2 is 2.08 bits per heavy atom. The molecule has 0 saturated carbocycles. The molecule has 0 aliphatic heterocycles. The summed E-state index contributed by atoms with van der Waals surface area (Å²) in [5.41, 5.74) is 2.63. The van der Waals surface area contributed by atoms with Gasteiger partial charge in [-0.3, -0.25) is 0 Å². The van der Waals surface area contributed by atoms with Crippen molar-refractivity contribution < 1.29 is 10.2 Å². The summed E-state index contributed by atoms with van der Waals surface area (Å²) in [6, 6.07) is 1.93. The first-order valence-electron chi connectivity index (χ1n) is 4.19. The molecule has 0 saturated heterocycles. The molecule has 2 atom stereocenters. The number of aliphatic hydroxyl groups excluding tert-OH is 2. The van der Waals surface area contributed by atoms with E-state index in [1.165, 1.54) is 0 Å². The van der Waals surface area contributed by atoms with Crippen molar-refractivity contribution in [1.82, 2.24) is 4.98 Å². The average molecular weight is 201 g/mol. The van der Waals surface area contributed by atoms with Crippen molar-refractivity contribution >= 4 is 12.6 Å². The van der Waals surface area contributed by atoms with Crippen molar-refractivity contribution in [1.29, 1.82) is 0 Å². The van der Waals surface area contributed by atoms with Gasteiger partial charge >= 0.3 is 0 Å². The fourth-order valence-corrected chi connectivity index (χ4v) is 1.55. The number of aliphatic hydroxyl groups is 2. The molecule has 74 valence electrons. The predicted octanol–water partition coefficient (Wildman–Crippen LogP) is 0.956. The highest BCUT2D eigenvalue weighted by Gasteiger charge is 2.19. The molecule has 3 N–H and O–H groups in total. The van der Waals surface area contributed by atoms with Gasteiger partial charge in [0.1, 0.15) is 6.10 Å². The standard InChI is InChI=1S/C9H15NO2S/c1-5-3-6(2)10-8(5)9(12)7(11)4-13/h3,7,9-13H,4H2,1-2H3. The van der Waals surface area contributed by atoms with Gasteiger partial charge in [0.15, 0.2) is 0 Å². The van der Waals surface area contributed by atoms with E-state index in [1.54, 1.807) is 0 Å². The van der Waals surface area contributed by atoms with Crippen LogP contribution < -0.4 is 0 Å². The molecule has 0 aliphatic rings. The van der Waals surface area contributed by atoms with Gasteiger partial charge in [-0.05, 0) is 25.5 Å². The third-order valence-corrected chi connectivity index (χ3v) is 2.41. The molecule has 0 amide bonds. The molecular formula is C9H15NO2S. The Bertz CT molecular complexity index is 285. The summed E-state index contributed by atoms with van der Waals surface area (Å²) in [7, 11) is 0. The highest BCUT2D eigenvalue weighted by Crippen LogP contribution is 2.21. The molecule has 0 radical (unpaired) electrons. The molecule has 4 heteroatoms. The molecule has 0 spiro atoms. The van der Waals surface area contributed by atoms with Gasteiger partial charge in [-0.2, -0.15) is 12.6 Å². The first-order valence-corrected chi connectivity index (χ1v) is 4.82. The normalized spacial score (nSPS) is 15.8. The van der Waals surface area contributed by atoms with Crippen LogP contribution in [-0.4, -0.2) is 27.1 Å². The summed E-state index contributed by atoms with van der Waals surface area (Å²) in [6.45, 7) is 3.81. The summed E-state index contributed by atoms with van der Waals surface area (Å²) in [5.74, 6) is 0.249. The minimum absolute atomic E-state index is 0.249. The smallest absolute Gasteiger partial charge is 0.121 e. The first kappa shape index (κ1) is 10.6. The number of hydrogen-bond acceptors (Lipinski definition) is 3. The van der Waals surface area contributed by atoms with Gasteiger partial charge in [0.05, 0.1) is 6.10 Å². The maximum absolute atomic E-state index is 9.65. The second kappa shape index (κ2) is 4.17. The molecule has 1 rings (SSSR count). The van der Waals surface area contributed by atoms with E-state index in [1.807, 2.05) is 19.9 Å². The molecule has 0 fully saturated rings. The van der Waals surface area contributed by atoms with Crippen molar-refractivity contribution in [2.75, 3.05) is 5.75 Å². The Hall–Kier alpha value is -0.450. The van der Waals surface area contributed by atoms with Gasteiger partial charge in [-0.15, -0.1) is 0 Å². The van der Waals surface area contributed by atoms with E-state index in [9.17, 15) is 10.2 Å². The lowest BCUT2D eigenvalue weighted by Gasteiger charge is -2.15. The summed E-state index contributed by atoms with van der Waals surface area (Å²) in [5, 5.41) is 19.0. The topological polar surface area (TPSA) is 56.2 Å². The van der Waals surface area contributed by atoms with E-state index in [2.05, 4.69) is 17.6 Å². The van der Waals surface area contributed by atoms with Gasteiger partial charge in [0, 0.05) is 17.1 Å². The van der Waals surface area contributed by atoms with Gasteiger partial charge in [0.25, 0.3) is 0 Å². The highest BCUT2D eigenvalue weighted by molar-refractivity contribution is 7.80. The van der Waals surface area contributed by atoms with Crippen molar-refractivity contribution in [3.63, 3.8) is 0 Å². The Balaban J connectivity index is 2.87. The molecule has 0 aromatic carbocycles. The number of hydrogen-bond donors (Lipinski definition) is 4. The molecule has 13 heavy (non-hydrogen) atoms. The second-order valence-electron chi connectivity index (χ2n) is 3.24. The van der Waals surface area contributed by atoms with Gasteiger partial charge in [-0.1, -0.05) is 0 Å². The monoisotopic (exact) mass is 201 g/mol. The predicted molar refractivity (Wildman–Crippen MR) is 55.1 cm³/mol. The SMILES string of the molecule is Cc1cc(C)c(C(O)C(O)CS)[nH]1. The van der Waals surface area contributed by atoms with Crippen LogP contribution in [0.4, 0.5) is 0 Å². The summed E-state index contributed by atoms with van der Waals surface area (Å²) in [6.07, 6.45) is -1.69.